The number of aromatic carboxylic acids is 1. The second-order valence-electron chi connectivity index (χ2n) is 9.09. The van der Waals surface area contributed by atoms with Gasteiger partial charge in [0, 0.05) is 0 Å². The second-order valence-corrected chi connectivity index (χ2v) is 13.6. The van der Waals surface area contributed by atoms with Crippen LogP contribution in [0, 0.1) is 0 Å². The molecule has 0 atom stereocenters. The van der Waals surface area contributed by atoms with Crippen molar-refractivity contribution < 1.29 is 19.2 Å². The molecule has 0 aromatic heterocycles. The molecule has 5 aromatic carbocycles. The molecule has 0 aliphatic carbocycles. The molecule has 0 fully saturated rings. The van der Waals surface area contributed by atoms with Gasteiger partial charge in [0.15, 0.2) is 0 Å². The molecule has 0 amide bonds. The van der Waals surface area contributed by atoms with Crippen LogP contribution >= 0.6 is 6.83 Å². The van der Waals surface area contributed by atoms with Crippen LogP contribution in [-0.4, -0.2) is 17.0 Å². The van der Waals surface area contributed by atoms with Crippen molar-refractivity contribution in [2.75, 3.05) is 0 Å². The zero-order valence-electron chi connectivity index (χ0n) is 20.7. The Bertz CT molecular complexity index is 1450. The molecular weight excluding hydrogens is 491 g/mol. The van der Waals surface area contributed by atoms with Gasteiger partial charge in [-0.1, -0.05) is 0 Å². The van der Waals surface area contributed by atoms with Gasteiger partial charge in [0.2, 0.25) is 0 Å². The predicted octanol–water partition coefficient (Wildman–Crippen LogP) is 6.19. The Balaban J connectivity index is 1.91. The maximum absolute atomic E-state index is 14.2. The van der Waals surface area contributed by atoms with E-state index in [9.17, 15) is 14.7 Å². The van der Waals surface area contributed by atoms with Crippen molar-refractivity contribution in [2.45, 2.75) is 6.16 Å². The van der Waals surface area contributed by atoms with Crippen molar-refractivity contribution in [1.82, 2.24) is 0 Å². The molecule has 0 aliphatic rings. The summed E-state index contributed by atoms with van der Waals surface area (Å²) < 4.78 is 6.99. The molecule has 4 nitrogen and oxygen atoms in total. The Kier molecular flexibility index (Phi) is 6.91. The molecule has 188 valence electrons. The molecule has 0 bridgehead atoms. The summed E-state index contributed by atoms with van der Waals surface area (Å²) in [5.74, 6) is -1.85. The standard InChI is InChI=1S/C33H27O4P/c34-32(35)30-23-13-14-24-31(30)33(36)37-38(27-17-7-2-8-18-27,28-19-9-3-10-20-28,29-21-11-4-12-22-29)25-26-15-5-1-6-16-26/h1-24H,25H2,(H,34,35). The topological polar surface area (TPSA) is 63.6 Å². The Morgan fingerprint density at radius 2 is 0.895 bits per heavy atom. The summed E-state index contributed by atoms with van der Waals surface area (Å²) in [6.45, 7) is -4.09. The normalized spacial score (nSPS) is 12.2. The fraction of sp³-hybridized carbons (Fsp3) is 0.0303. The number of hydrogen-bond donors (Lipinski definition) is 1. The van der Waals surface area contributed by atoms with Crippen LogP contribution in [0.4, 0.5) is 0 Å². The third-order valence-corrected chi connectivity index (χ3v) is 12.6. The number of rotatable bonds is 8. The number of carbonyl (C=O) groups excluding carboxylic acids is 1. The number of hydrogen-bond acceptors (Lipinski definition) is 3. The van der Waals surface area contributed by atoms with E-state index in [1.165, 1.54) is 12.1 Å². The molecule has 0 heterocycles. The van der Waals surface area contributed by atoms with Crippen LogP contribution in [0.25, 0.3) is 0 Å². The first-order valence-corrected chi connectivity index (χ1v) is 14.7. The molecule has 0 saturated carbocycles. The van der Waals surface area contributed by atoms with E-state index in [0.29, 0.717) is 6.16 Å². The monoisotopic (exact) mass is 518 g/mol. The molecule has 5 heteroatoms. The Morgan fingerprint density at radius 3 is 1.32 bits per heavy atom. The van der Waals surface area contributed by atoms with Gasteiger partial charge in [-0.15, -0.1) is 0 Å². The zero-order valence-corrected chi connectivity index (χ0v) is 21.6. The minimum absolute atomic E-state index is 0.0184. The van der Waals surface area contributed by atoms with Crippen LogP contribution in [-0.2, 0) is 10.7 Å². The molecule has 0 aliphatic heterocycles. The third-order valence-electron chi connectivity index (χ3n) is 6.90. The molecule has 0 saturated heterocycles. The van der Waals surface area contributed by atoms with Crippen LogP contribution < -0.4 is 15.9 Å². The SMILES string of the molecule is O=C(O)c1ccccc1C(=O)OP(Cc1ccccc1)(c1ccccc1)(c1ccccc1)c1ccccc1. The summed E-state index contributed by atoms with van der Waals surface area (Å²) in [5, 5.41) is 12.5. The van der Waals surface area contributed by atoms with Gasteiger partial charge in [0.05, 0.1) is 0 Å². The first kappa shape index (κ1) is 25.1. The number of benzene rings is 5. The first-order valence-electron chi connectivity index (χ1n) is 12.3. The zero-order chi connectivity index (χ0) is 26.5. The van der Waals surface area contributed by atoms with Gasteiger partial charge in [-0.2, -0.15) is 0 Å². The Hall–Kier alpha value is -4.53. The van der Waals surface area contributed by atoms with Crippen LogP contribution in [0.3, 0.4) is 0 Å². The average molecular weight is 519 g/mol. The summed E-state index contributed by atoms with van der Waals surface area (Å²) in [6.07, 6.45) is 0.408. The predicted molar refractivity (Wildman–Crippen MR) is 154 cm³/mol. The van der Waals surface area contributed by atoms with E-state index in [4.69, 9.17) is 4.52 Å². The quantitative estimate of drug-likeness (QED) is 0.249. The van der Waals surface area contributed by atoms with Gasteiger partial charge in [-0.05, 0) is 0 Å². The van der Waals surface area contributed by atoms with Gasteiger partial charge >= 0.3 is 222 Å². The number of carboxylic acids is 1. The van der Waals surface area contributed by atoms with Crippen molar-refractivity contribution in [3.8, 4) is 0 Å². The summed E-state index contributed by atoms with van der Waals surface area (Å²) in [4.78, 5) is 26.3. The van der Waals surface area contributed by atoms with E-state index in [1.54, 1.807) is 12.1 Å². The van der Waals surface area contributed by atoms with Crippen molar-refractivity contribution in [3.63, 3.8) is 0 Å². The first-order chi connectivity index (χ1) is 18.5. The number of carboxylic acid groups (broad SMARTS) is 1. The summed E-state index contributed by atoms with van der Waals surface area (Å²) in [5.41, 5.74) is 0.925. The van der Waals surface area contributed by atoms with Crippen molar-refractivity contribution in [2.24, 2.45) is 0 Å². The summed E-state index contributed by atoms with van der Waals surface area (Å²) in [7, 11) is 0. The van der Waals surface area contributed by atoms with Crippen molar-refractivity contribution >= 4 is 34.7 Å². The van der Waals surface area contributed by atoms with Gasteiger partial charge in [0.25, 0.3) is 0 Å². The van der Waals surface area contributed by atoms with Crippen LogP contribution in [0.1, 0.15) is 26.3 Å². The van der Waals surface area contributed by atoms with E-state index >= 15 is 0 Å². The van der Waals surface area contributed by atoms with Crippen molar-refractivity contribution in [1.29, 1.82) is 0 Å². The van der Waals surface area contributed by atoms with E-state index in [-0.39, 0.29) is 11.1 Å². The molecule has 5 rings (SSSR count). The average Bonchev–Trinajstić information content (AvgIpc) is 2.98. The van der Waals surface area contributed by atoms with Gasteiger partial charge in [0.1, 0.15) is 0 Å². The summed E-state index contributed by atoms with van der Waals surface area (Å²) >= 11 is 0. The fourth-order valence-electron chi connectivity index (χ4n) is 5.15. The fourth-order valence-corrected chi connectivity index (χ4v) is 10.8. The van der Waals surface area contributed by atoms with Crippen LogP contribution in [0.2, 0.25) is 0 Å². The molecule has 38 heavy (non-hydrogen) atoms. The Labute approximate surface area is 222 Å². The molecule has 0 radical (unpaired) electrons. The maximum atomic E-state index is 14.2. The molecular formula is C33H27O4P. The molecule has 0 unspecified atom stereocenters. The van der Waals surface area contributed by atoms with E-state index in [2.05, 4.69) is 0 Å². The summed E-state index contributed by atoms with van der Waals surface area (Å²) in [6, 6.07) is 45.8. The second kappa shape index (κ2) is 10.5. The van der Waals surface area contributed by atoms with Crippen LogP contribution in [0.15, 0.2) is 146 Å². The number of carbonyl (C=O) groups is 2. The van der Waals surface area contributed by atoms with E-state index < -0.39 is 18.8 Å². The Morgan fingerprint density at radius 1 is 0.526 bits per heavy atom. The van der Waals surface area contributed by atoms with Crippen molar-refractivity contribution in [3.05, 3.63) is 162 Å². The van der Waals surface area contributed by atoms with Crippen LogP contribution in [0.5, 0.6) is 0 Å². The van der Waals surface area contributed by atoms with E-state index in [1.807, 2.05) is 121 Å². The van der Waals surface area contributed by atoms with Gasteiger partial charge in [-0.25, -0.2) is 0 Å². The molecule has 5 aromatic rings. The van der Waals surface area contributed by atoms with E-state index in [0.717, 1.165) is 21.5 Å². The van der Waals surface area contributed by atoms with Gasteiger partial charge in [-0.3, -0.25) is 0 Å². The molecule has 1 N–H and O–H groups in total. The third kappa shape index (κ3) is 4.30. The molecule has 0 spiro atoms. The van der Waals surface area contributed by atoms with Gasteiger partial charge < -0.3 is 0 Å². The minimum atomic E-state index is -4.09.